The number of benzene rings is 2. The third-order valence-corrected chi connectivity index (χ3v) is 5.68. The molecule has 0 spiro atoms. The summed E-state index contributed by atoms with van der Waals surface area (Å²) in [4.78, 5) is 21.4. The fraction of sp³-hybridized carbons (Fsp3) is 0.217. The second-order valence-electron chi connectivity index (χ2n) is 7.77. The number of halogens is 1. The van der Waals surface area contributed by atoms with Crippen molar-refractivity contribution in [3.05, 3.63) is 70.8 Å². The second-order valence-corrected chi connectivity index (χ2v) is 7.77. The van der Waals surface area contributed by atoms with E-state index in [0.29, 0.717) is 29.7 Å². The number of hydrogen-bond acceptors (Lipinski definition) is 7. The number of morpholine rings is 1. The summed E-state index contributed by atoms with van der Waals surface area (Å²) in [5, 5.41) is 14.9. The Morgan fingerprint density at radius 3 is 2.64 bits per heavy atom. The topological polar surface area (TPSA) is 98.4 Å². The lowest BCUT2D eigenvalue weighted by Gasteiger charge is -2.28. The van der Waals surface area contributed by atoms with Crippen molar-refractivity contribution in [3.63, 3.8) is 0 Å². The zero-order valence-electron chi connectivity index (χ0n) is 17.9. The van der Waals surface area contributed by atoms with Crippen LogP contribution in [-0.4, -0.2) is 45.8 Å². The van der Waals surface area contributed by atoms with Gasteiger partial charge in [0.2, 0.25) is 5.95 Å². The van der Waals surface area contributed by atoms with Gasteiger partial charge in [0, 0.05) is 60.8 Å². The lowest BCUT2D eigenvalue weighted by atomic mass is 10.1. The maximum atomic E-state index is 14.7. The highest BCUT2D eigenvalue weighted by molar-refractivity contribution is 5.96. The number of anilines is 3. The normalized spacial score (nSPS) is 13.9. The number of nitro benzene ring substituents is 1. The Hall–Kier alpha value is -4.05. The van der Waals surface area contributed by atoms with E-state index in [1.807, 2.05) is 24.3 Å². The van der Waals surface area contributed by atoms with Crippen LogP contribution in [0.25, 0.3) is 22.2 Å². The van der Waals surface area contributed by atoms with E-state index in [0.717, 1.165) is 30.7 Å². The molecule has 2 aromatic carbocycles. The van der Waals surface area contributed by atoms with Gasteiger partial charge in [0.25, 0.3) is 5.69 Å². The summed E-state index contributed by atoms with van der Waals surface area (Å²) in [6.45, 7) is 3.14. The highest BCUT2D eigenvalue weighted by Crippen LogP contribution is 2.33. The van der Waals surface area contributed by atoms with E-state index in [-0.39, 0.29) is 17.3 Å². The molecule has 1 N–H and O–H groups in total. The van der Waals surface area contributed by atoms with Crippen molar-refractivity contribution < 1.29 is 14.1 Å². The number of non-ortho nitro benzene ring substituents is 1. The zero-order valence-corrected chi connectivity index (χ0v) is 17.9. The van der Waals surface area contributed by atoms with Crippen molar-refractivity contribution in [1.82, 2.24) is 14.5 Å². The predicted molar refractivity (Wildman–Crippen MR) is 123 cm³/mol. The highest BCUT2D eigenvalue weighted by atomic mass is 19.1. The van der Waals surface area contributed by atoms with E-state index < -0.39 is 10.7 Å². The number of nitrogens with one attached hydrogen (secondary N) is 1. The molecule has 1 aliphatic rings. The molecule has 0 atom stereocenters. The molecule has 1 aliphatic heterocycles. The van der Waals surface area contributed by atoms with E-state index in [1.54, 1.807) is 23.9 Å². The fourth-order valence-corrected chi connectivity index (χ4v) is 4.00. The van der Waals surface area contributed by atoms with Crippen molar-refractivity contribution in [2.75, 3.05) is 36.5 Å². The minimum Gasteiger partial charge on any atom is -0.378 e. The van der Waals surface area contributed by atoms with E-state index >= 15 is 0 Å². The lowest BCUT2D eigenvalue weighted by Crippen LogP contribution is -2.36. The van der Waals surface area contributed by atoms with Gasteiger partial charge in [0.1, 0.15) is 5.69 Å². The van der Waals surface area contributed by atoms with Gasteiger partial charge in [-0.25, -0.2) is 14.4 Å². The van der Waals surface area contributed by atoms with Crippen molar-refractivity contribution >= 4 is 33.9 Å². The number of aromatic nitrogens is 3. The molecule has 0 bridgehead atoms. The van der Waals surface area contributed by atoms with E-state index in [9.17, 15) is 14.5 Å². The van der Waals surface area contributed by atoms with Crippen LogP contribution in [0, 0.1) is 15.9 Å². The Kier molecular flexibility index (Phi) is 5.35. The minimum absolute atomic E-state index is 0.0266. The van der Waals surface area contributed by atoms with Crippen molar-refractivity contribution in [1.29, 1.82) is 0 Å². The molecule has 4 aromatic rings. The molecule has 10 heteroatoms. The largest absolute Gasteiger partial charge is 0.378 e. The van der Waals surface area contributed by atoms with Crippen LogP contribution in [0.1, 0.15) is 0 Å². The van der Waals surface area contributed by atoms with E-state index in [4.69, 9.17) is 4.74 Å². The molecule has 5 rings (SSSR count). The first kappa shape index (κ1) is 20.8. The first-order valence-electron chi connectivity index (χ1n) is 10.5. The molecule has 0 amide bonds. The van der Waals surface area contributed by atoms with Crippen LogP contribution in [-0.2, 0) is 11.8 Å². The summed E-state index contributed by atoms with van der Waals surface area (Å²) in [6, 6.07) is 12.4. The lowest BCUT2D eigenvalue weighted by molar-refractivity contribution is -0.384. The van der Waals surface area contributed by atoms with Gasteiger partial charge in [0.15, 0.2) is 5.82 Å². The van der Waals surface area contributed by atoms with Gasteiger partial charge < -0.3 is 19.5 Å². The minimum atomic E-state index is -0.575. The Morgan fingerprint density at radius 2 is 1.91 bits per heavy atom. The Bertz CT molecular complexity index is 1330. The summed E-state index contributed by atoms with van der Waals surface area (Å²) in [6.07, 6.45) is 2.83. The summed E-state index contributed by atoms with van der Waals surface area (Å²) in [5.74, 6) is -0.321. The molecule has 33 heavy (non-hydrogen) atoms. The third kappa shape index (κ3) is 4.08. The van der Waals surface area contributed by atoms with E-state index in [2.05, 4.69) is 20.2 Å². The molecule has 3 heterocycles. The van der Waals surface area contributed by atoms with E-state index in [1.165, 1.54) is 12.1 Å². The molecule has 168 valence electrons. The number of fused-ring (bicyclic) bond motifs is 1. The molecule has 1 fully saturated rings. The maximum absolute atomic E-state index is 14.7. The maximum Gasteiger partial charge on any atom is 0.271 e. The van der Waals surface area contributed by atoms with Crippen LogP contribution in [0.5, 0.6) is 0 Å². The van der Waals surface area contributed by atoms with Crippen LogP contribution in [0.3, 0.4) is 0 Å². The first-order chi connectivity index (χ1) is 16.0. The van der Waals surface area contributed by atoms with Crippen LogP contribution in [0.2, 0.25) is 0 Å². The Morgan fingerprint density at radius 1 is 1.15 bits per heavy atom. The molecule has 0 unspecified atom stereocenters. The second kappa shape index (κ2) is 8.47. The molecule has 9 nitrogen and oxygen atoms in total. The quantitative estimate of drug-likeness (QED) is 0.360. The standard InChI is InChI=1S/C23H21FN6O3/c1-28-14-19(18-7-6-17(30(31)32)12-21(18)28)22-20(24)13-25-23(27-22)26-15-2-4-16(5-3-15)29-8-10-33-11-9-29/h2-7,12-14H,8-11H2,1H3,(H,25,26,27). The average molecular weight is 448 g/mol. The number of aryl methyl sites for hydroxylation is 1. The van der Waals surface area contributed by atoms with Gasteiger partial charge in [-0.3, -0.25) is 10.1 Å². The molecular formula is C23H21FN6O3. The molecule has 0 aliphatic carbocycles. The number of rotatable bonds is 5. The third-order valence-electron chi connectivity index (χ3n) is 5.68. The van der Waals surface area contributed by atoms with Crippen molar-refractivity contribution in [2.45, 2.75) is 0 Å². The van der Waals surface area contributed by atoms with Crippen LogP contribution in [0.4, 0.5) is 27.4 Å². The van der Waals surface area contributed by atoms with Crippen molar-refractivity contribution in [3.8, 4) is 11.3 Å². The Balaban J connectivity index is 1.43. The van der Waals surface area contributed by atoms with Gasteiger partial charge in [-0.15, -0.1) is 0 Å². The average Bonchev–Trinajstić information content (AvgIpc) is 3.17. The van der Waals surface area contributed by atoms with Crippen LogP contribution < -0.4 is 10.2 Å². The zero-order chi connectivity index (χ0) is 22.9. The Labute approximate surface area is 188 Å². The molecular weight excluding hydrogens is 427 g/mol. The smallest absolute Gasteiger partial charge is 0.271 e. The number of nitro groups is 1. The molecule has 0 saturated carbocycles. The van der Waals surface area contributed by atoms with Gasteiger partial charge >= 0.3 is 0 Å². The highest BCUT2D eigenvalue weighted by Gasteiger charge is 2.18. The number of ether oxygens (including phenoxy) is 1. The summed E-state index contributed by atoms with van der Waals surface area (Å²) in [5.41, 5.74) is 3.13. The fourth-order valence-electron chi connectivity index (χ4n) is 4.00. The van der Waals surface area contributed by atoms with Gasteiger partial charge in [0.05, 0.1) is 29.9 Å². The molecule has 1 saturated heterocycles. The first-order valence-corrected chi connectivity index (χ1v) is 10.5. The number of hydrogen-bond donors (Lipinski definition) is 1. The van der Waals surface area contributed by atoms with Crippen molar-refractivity contribution in [2.24, 2.45) is 7.05 Å². The van der Waals surface area contributed by atoms with Crippen LogP contribution in [0.15, 0.2) is 54.9 Å². The SMILES string of the molecule is Cn1cc(-c2nc(Nc3ccc(N4CCOCC4)cc3)ncc2F)c2ccc([N+](=O)[O-])cc21. The van der Waals surface area contributed by atoms with Crippen LogP contribution >= 0.6 is 0 Å². The van der Waals surface area contributed by atoms with Gasteiger partial charge in [-0.2, -0.15) is 0 Å². The number of nitrogens with zero attached hydrogens (tertiary/aromatic N) is 5. The molecule has 2 aromatic heterocycles. The predicted octanol–water partition coefficient (Wildman–Crippen LogP) is 4.26. The monoisotopic (exact) mass is 448 g/mol. The summed E-state index contributed by atoms with van der Waals surface area (Å²) in [7, 11) is 1.75. The summed E-state index contributed by atoms with van der Waals surface area (Å²) >= 11 is 0. The van der Waals surface area contributed by atoms with Gasteiger partial charge in [-0.1, -0.05) is 0 Å². The summed E-state index contributed by atoms with van der Waals surface area (Å²) < 4.78 is 21.8. The molecule has 0 radical (unpaired) electrons. The van der Waals surface area contributed by atoms with Gasteiger partial charge in [-0.05, 0) is 30.3 Å².